The van der Waals surface area contributed by atoms with Gasteiger partial charge in [-0.2, -0.15) is 0 Å². The topological polar surface area (TPSA) is 39.1 Å². The van der Waals surface area contributed by atoms with Crippen LogP contribution in [-0.4, -0.2) is 35.9 Å². The van der Waals surface area contributed by atoms with E-state index in [4.69, 9.17) is 4.74 Å². The molecule has 1 fully saturated rings. The highest BCUT2D eigenvalue weighted by atomic mass is 16.5. The second-order valence-corrected chi connectivity index (χ2v) is 5.65. The quantitative estimate of drug-likeness (QED) is 0.856. The van der Waals surface area contributed by atoms with Gasteiger partial charge in [-0.1, -0.05) is 19.3 Å². The van der Waals surface area contributed by atoms with Crippen LogP contribution in [0.5, 0.6) is 0 Å². The van der Waals surface area contributed by atoms with E-state index in [1.807, 2.05) is 26.6 Å². The van der Waals surface area contributed by atoms with E-state index in [0.717, 1.165) is 12.2 Å². The van der Waals surface area contributed by atoms with Gasteiger partial charge >= 0.3 is 0 Å². The molecule has 4 nitrogen and oxygen atoms in total. The van der Waals surface area contributed by atoms with Crippen LogP contribution in [0, 0.1) is 5.92 Å². The fourth-order valence-electron chi connectivity index (χ4n) is 3.32. The lowest BCUT2D eigenvalue weighted by Gasteiger charge is -2.34. The average Bonchev–Trinajstić information content (AvgIpc) is 2.85. The van der Waals surface area contributed by atoms with Crippen LogP contribution in [0.3, 0.4) is 0 Å². The first-order chi connectivity index (χ1) is 9.26. The first kappa shape index (κ1) is 14.5. The van der Waals surface area contributed by atoms with E-state index in [1.54, 1.807) is 0 Å². The molecule has 0 aliphatic heterocycles. The number of ether oxygens (including phenoxy) is 1. The Morgan fingerprint density at radius 1 is 1.42 bits per heavy atom. The Hall–Kier alpha value is -0.870. The normalized spacial score (nSPS) is 20.4. The molecule has 1 N–H and O–H groups in total. The Labute approximate surface area is 116 Å². The molecular formula is C15H27N3O. The van der Waals surface area contributed by atoms with Gasteiger partial charge in [-0.3, -0.25) is 0 Å². The molecule has 108 valence electrons. The summed E-state index contributed by atoms with van der Waals surface area (Å²) in [5, 5.41) is 3.44. The molecular weight excluding hydrogens is 238 g/mol. The molecule has 1 heterocycles. The molecule has 4 heteroatoms. The van der Waals surface area contributed by atoms with Crippen molar-refractivity contribution in [2.24, 2.45) is 13.0 Å². The Morgan fingerprint density at radius 2 is 2.16 bits per heavy atom. The zero-order valence-electron chi connectivity index (χ0n) is 12.4. The van der Waals surface area contributed by atoms with E-state index >= 15 is 0 Å². The van der Waals surface area contributed by atoms with Gasteiger partial charge in [-0.05, 0) is 25.8 Å². The summed E-state index contributed by atoms with van der Waals surface area (Å²) < 4.78 is 7.93. The van der Waals surface area contributed by atoms with Crippen LogP contribution in [0.2, 0.25) is 0 Å². The molecule has 1 aliphatic carbocycles. The lowest BCUT2D eigenvalue weighted by atomic mass is 9.82. The molecule has 1 aromatic rings. The van der Waals surface area contributed by atoms with Gasteiger partial charge in [-0.25, -0.2) is 4.98 Å². The van der Waals surface area contributed by atoms with E-state index in [0.29, 0.717) is 18.1 Å². The van der Waals surface area contributed by atoms with Crippen molar-refractivity contribution in [1.82, 2.24) is 14.9 Å². The Bertz CT molecular complexity index is 371. The molecule has 0 saturated heterocycles. The number of hydrogen-bond acceptors (Lipinski definition) is 3. The second kappa shape index (κ2) is 7.06. The summed E-state index contributed by atoms with van der Waals surface area (Å²) in [6.07, 6.45) is 11.8. The fraction of sp³-hybridized carbons (Fsp3) is 0.800. The van der Waals surface area contributed by atoms with Crippen molar-refractivity contribution in [2.75, 3.05) is 14.2 Å². The summed E-state index contributed by atoms with van der Waals surface area (Å²) >= 11 is 0. The van der Waals surface area contributed by atoms with E-state index in [-0.39, 0.29) is 0 Å². The molecule has 19 heavy (non-hydrogen) atoms. The van der Waals surface area contributed by atoms with Crippen molar-refractivity contribution >= 4 is 0 Å². The summed E-state index contributed by atoms with van der Waals surface area (Å²) in [5.74, 6) is 1.81. The minimum Gasteiger partial charge on any atom is -0.380 e. The van der Waals surface area contributed by atoms with Crippen molar-refractivity contribution in [3.05, 3.63) is 18.2 Å². The van der Waals surface area contributed by atoms with E-state index in [2.05, 4.69) is 21.9 Å². The summed E-state index contributed by atoms with van der Waals surface area (Å²) in [4.78, 5) is 4.43. The molecule has 1 saturated carbocycles. The highest BCUT2D eigenvalue weighted by Gasteiger charge is 2.30. The summed E-state index contributed by atoms with van der Waals surface area (Å²) in [7, 11) is 5.93. The van der Waals surface area contributed by atoms with Crippen LogP contribution in [0.4, 0.5) is 0 Å². The van der Waals surface area contributed by atoms with Crippen molar-refractivity contribution < 1.29 is 4.74 Å². The minimum atomic E-state index is 0.294. The summed E-state index contributed by atoms with van der Waals surface area (Å²) in [6, 6.07) is 0.342. The molecule has 1 aliphatic rings. The number of aromatic nitrogens is 2. The maximum absolute atomic E-state index is 5.83. The van der Waals surface area contributed by atoms with Gasteiger partial charge in [0, 0.05) is 39.0 Å². The number of aryl methyl sites for hydroxylation is 1. The number of nitrogens with zero attached hydrogens (tertiary/aromatic N) is 2. The van der Waals surface area contributed by atoms with Gasteiger partial charge in [0.05, 0.1) is 6.10 Å². The van der Waals surface area contributed by atoms with Crippen molar-refractivity contribution in [3.8, 4) is 0 Å². The number of imidazole rings is 1. The SMILES string of the molecule is CNC(Cc1nccn1C)C(OC)C1CCCCC1. The van der Waals surface area contributed by atoms with Crippen LogP contribution >= 0.6 is 0 Å². The maximum Gasteiger partial charge on any atom is 0.110 e. The Kier molecular flexibility index (Phi) is 5.40. The van der Waals surface area contributed by atoms with Crippen LogP contribution in [0.1, 0.15) is 37.9 Å². The number of nitrogens with one attached hydrogen (secondary N) is 1. The van der Waals surface area contributed by atoms with Crippen LogP contribution < -0.4 is 5.32 Å². The Balaban J connectivity index is 2.03. The van der Waals surface area contributed by atoms with Crippen molar-refractivity contribution in [1.29, 1.82) is 0 Å². The van der Waals surface area contributed by atoms with Crippen LogP contribution in [0.15, 0.2) is 12.4 Å². The first-order valence-corrected chi connectivity index (χ1v) is 7.42. The maximum atomic E-state index is 5.83. The average molecular weight is 265 g/mol. The van der Waals surface area contributed by atoms with E-state index in [9.17, 15) is 0 Å². The third-order valence-electron chi connectivity index (χ3n) is 4.48. The van der Waals surface area contributed by atoms with E-state index in [1.165, 1.54) is 32.1 Å². The standard InChI is InChI=1S/C15H27N3O/c1-16-13(11-14-17-9-10-18(14)2)15(19-3)12-7-5-4-6-8-12/h9-10,12-13,15-16H,4-8,11H2,1-3H3. The lowest BCUT2D eigenvalue weighted by Crippen LogP contribution is -2.45. The highest BCUT2D eigenvalue weighted by Crippen LogP contribution is 2.29. The monoisotopic (exact) mass is 265 g/mol. The fourth-order valence-corrected chi connectivity index (χ4v) is 3.32. The molecule has 2 atom stereocenters. The van der Waals surface area contributed by atoms with Crippen molar-refractivity contribution in [2.45, 2.75) is 50.7 Å². The molecule has 2 unspecified atom stereocenters. The van der Waals surface area contributed by atoms with Gasteiger partial charge in [-0.15, -0.1) is 0 Å². The first-order valence-electron chi connectivity index (χ1n) is 7.42. The van der Waals surface area contributed by atoms with Gasteiger partial charge in [0.25, 0.3) is 0 Å². The molecule has 0 radical (unpaired) electrons. The number of methoxy groups -OCH3 is 1. The zero-order chi connectivity index (χ0) is 13.7. The third kappa shape index (κ3) is 3.57. The number of rotatable bonds is 6. The number of likely N-dealkylation sites (N-methyl/N-ethyl adjacent to an activating group) is 1. The largest absolute Gasteiger partial charge is 0.380 e. The predicted octanol–water partition coefficient (Wildman–Crippen LogP) is 2.15. The van der Waals surface area contributed by atoms with Crippen LogP contribution in [0.25, 0.3) is 0 Å². The van der Waals surface area contributed by atoms with Gasteiger partial charge in [0.15, 0.2) is 0 Å². The number of hydrogen-bond donors (Lipinski definition) is 1. The smallest absolute Gasteiger partial charge is 0.110 e. The van der Waals surface area contributed by atoms with Crippen molar-refractivity contribution in [3.63, 3.8) is 0 Å². The molecule has 0 aromatic carbocycles. The van der Waals surface area contributed by atoms with E-state index < -0.39 is 0 Å². The van der Waals surface area contributed by atoms with Gasteiger partial charge < -0.3 is 14.6 Å². The molecule has 1 aromatic heterocycles. The predicted molar refractivity (Wildman–Crippen MR) is 77.1 cm³/mol. The summed E-state index contributed by atoms with van der Waals surface area (Å²) in [5.41, 5.74) is 0. The highest BCUT2D eigenvalue weighted by molar-refractivity contribution is 4.97. The molecule has 0 spiro atoms. The van der Waals surface area contributed by atoms with Gasteiger partial charge in [0.1, 0.15) is 5.82 Å². The second-order valence-electron chi connectivity index (χ2n) is 5.65. The third-order valence-corrected chi connectivity index (χ3v) is 4.48. The van der Waals surface area contributed by atoms with Crippen LogP contribution in [-0.2, 0) is 18.2 Å². The summed E-state index contributed by atoms with van der Waals surface area (Å²) in [6.45, 7) is 0. The molecule has 2 rings (SSSR count). The minimum absolute atomic E-state index is 0.294. The van der Waals surface area contributed by atoms with Gasteiger partial charge in [0.2, 0.25) is 0 Å². The molecule has 0 bridgehead atoms. The zero-order valence-corrected chi connectivity index (χ0v) is 12.4. The lowest BCUT2D eigenvalue weighted by molar-refractivity contribution is 0.00956. The molecule has 0 amide bonds. The Morgan fingerprint density at radius 3 is 2.68 bits per heavy atom.